The topological polar surface area (TPSA) is 55.6 Å². The number of nitrogen functional groups attached to an aromatic ring is 1. The Morgan fingerprint density at radius 3 is 2.90 bits per heavy atom. The summed E-state index contributed by atoms with van der Waals surface area (Å²) in [5, 5.41) is 0.458. The van der Waals surface area contributed by atoms with Gasteiger partial charge in [-0.15, -0.1) is 0 Å². The van der Waals surface area contributed by atoms with Crippen molar-refractivity contribution in [2.24, 2.45) is 0 Å². The van der Waals surface area contributed by atoms with Crippen LogP contribution in [0.3, 0.4) is 0 Å². The molecule has 1 aromatic rings. The number of anilines is 1. The van der Waals surface area contributed by atoms with Crippen LogP contribution in [0.15, 0.2) is 18.2 Å². The van der Waals surface area contributed by atoms with Crippen molar-refractivity contribution in [3.8, 4) is 5.75 Å². The third-order valence-electron chi connectivity index (χ3n) is 3.63. The van der Waals surface area contributed by atoms with E-state index in [1.807, 2.05) is 23.6 Å². The standard InChI is InChI=1S/C15H22N2O2S/c1-4-19-14-8-12(7-13(16)9-14)15(18)17-5-6-20-11(3)10(17)2/h7-11H,4-6,16H2,1-3H3. The van der Waals surface area contributed by atoms with Crippen LogP contribution in [0.1, 0.15) is 31.1 Å². The molecule has 0 radical (unpaired) electrons. The molecule has 1 aromatic carbocycles. The van der Waals surface area contributed by atoms with E-state index in [-0.39, 0.29) is 11.9 Å². The van der Waals surface area contributed by atoms with Gasteiger partial charge in [-0.05, 0) is 26.0 Å². The summed E-state index contributed by atoms with van der Waals surface area (Å²) in [6, 6.07) is 5.49. The van der Waals surface area contributed by atoms with Gasteiger partial charge in [-0.3, -0.25) is 4.79 Å². The molecular weight excluding hydrogens is 272 g/mol. The molecule has 5 heteroatoms. The highest BCUT2D eigenvalue weighted by Crippen LogP contribution is 2.27. The fraction of sp³-hybridized carbons (Fsp3) is 0.533. The summed E-state index contributed by atoms with van der Waals surface area (Å²) < 4.78 is 5.46. The second-order valence-electron chi connectivity index (χ2n) is 5.04. The zero-order chi connectivity index (χ0) is 14.7. The maximum Gasteiger partial charge on any atom is 0.254 e. The minimum Gasteiger partial charge on any atom is -0.494 e. The van der Waals surface area contributed by atoms with Crippen molar-refractivity contribution in [2.75, 3.05) is 24.6 Å². The Morgan fingerprint density at radius 1 is 1.45 bits per heavy atom. The predicted octanol–water partition coefficient (Wildman–Crippen LogP) is 2.63. The molecule has 2 atom stereocenters. The van der Waals surface area contributed by atoms with Gasteiger partial charge in [-0.25, -0.2) is 0 Å². The molecule has 0 spiro atoms. The molecule has 4 nitrogen and oxygen atoms in total. The van der Waals surface area contributed by atoms with E-state index in [0.29, 0.717) is 28.9 Å². The van der Waals surface area contributed by atoms with Crippen molar-refractivity contribution >= 4 is 23.4 Å². The molecule has 0 saturated carbocycles. The molecule has 0 aromatic heterocycles. The van der Waals surface area contributed by atoms with E-state index >= 15 is 0 Å². The summed E-state index contributed by atoms with van der Waals surface area (Å²) in [4.78, 5) is 14.6. The van der Waals surface area contributed by atoms with E-state index in [9.17, 15) is 4.79 Å². The molecule has 20 heavy (non-hydrogen) atoms. The number of nitrogens with zero attached hydrogens (tertiary/aromatic N) is 1. The number of hydrogen-bond acceptors (Lipinski definition) is 4. The summed E-state index contributed by atoms with van der Waals surface area (Å²) in [6.45, 7) is 7.53. The van der Waals surface area contributed by atoms with E-state index in [1.165, 1.54) is 0 Å². The van der Waals surface area contributed by atoms with E-state index in [1.54, 1.807) is 18.2 Å². The molecule has 2 unspecified atom stereocenters. The lowest BCUT2D eigenvalue weighted by Crippen LogP contribution is -2.47. The third kappa shape index (κ3) is 3.20. The number of carbonyl (C=O) groups excluding carboxylic acids is 1. The summed E-state index contributed by atoms with van der Waals surface area (Å²) >= 11 is 1.91. The molecule has 1 aliphatic heterocycles. The van der Waals surface area contributed by atoms with Gasteiger partial charge in [0.25, 0.3) is 5.91 Å². The van der Waals surface area contributed by atoms with Gasteiger partial charge >= 0.3 is 0 Å². The van der Waals surface area contributed by atoms with Crippen molar-refractivity contribution in [3.05, 3.63) is 23.8 Å². The molecule has 1 amide bonds. The number of thioether (sulfide) groups is 1. The Kier molecular flexibility index (Phi) is 4.81. The molecule has 1 heterocycles. The normalized spacial score (nSPS) is 22.6. The summed E-state index contributed by atoms with van der Waals surface area (Å²) in [6.07, 6.45) is 0. The van der Waals surface area contributed by atoms with Crippen LogP contribution in [0, 0.1) is 0 Å². The van der Waals surface area contributed by atoms with E-state index in [4.69, 9.17) is 10.5 Å². The Bertz CT molecular complexity index is 493. The highest BCUT2D eigenvalue weighted by Gasteiger charge is 2.29. The number of ether oxygens (including phenoxy) is 1. The summed E-state index contributed by atoms with van der Waals surface area (Å²) in [7, 11) is 0. The van der Waals surface area contributed by atoms with Crippen LogP contribution in [0.5, 0.6) is 5.75 Å². The first-order chi connectivity index (χ1) is 9.52. The maximum absolute atomic E-state index is 12.7. The zero-order valence-electron chi connectivity index (χ0n) is 12.3. The molecule has 0 aliphatic carbocycles. The average Bonchev–Trinajstić information content (AvgIpc) is 2.41. The van der Waals surface area contributed by atoms with Crippen LogP contribution in [0.2, 0.25) is 0 Å². The van der Waals surface area contributed by atoms with Crippen LogP contribution < -0.4 is 10.5 Å². The highest BCUT2D eigenvalue weighted by molar-refractivity contribution is 8.00. The van der Waals surface area contributed by atoms with Crippen molar-refractivity contribution in [1.82, 2.24) is 4.90 Å². The van der Waals surface area contributed by atoms with Gasteiger partial charge in [-0.2, -0.15) is 11.8 Å². The highest BCUT2D eigenvalue weighted by atomic mass is 32.2. The lowest BCUT2D eigenvalue weighted by atomic mass is 10.1. The van der Waals surface area contributed by atoms with E-state index in [2.05, 4.69) is 13.8 Å². The number of amides is 1. The van der Waals surface area contributed by atoms with Crippen LogP contribution in [-0.2, 0) is 0 Å². The fourth-order valence-corrected chi connectivity index (χ4v) is 3.48. The van der Waals surface area contributed by atoms with Gasteiger partial charge in [0.2, 0.25) is 0 Å². The first-order valence-corrected chi connectivity index (χ1v) is 8.03. The Balaban J connectivity index is 2.23. The van der Waals surface area contributed by atoms with E-state index < -0.39 is 0 Å². The van der Waals surface area contributed by atoms with Crippen molar-refractivity contribution in [1.29, 1.82) is 0 Å². The largest absolute Gasteiger partial charge is 0.494 e. The molecule has 1 aliphatic rings. The summed E-state index contributed by atoms with van der Waals surface area (Å²) in [5.41, 5.74) is 7.04. The minimum absolute atomic E-state index is 0.0397. The predicted molar refractivity (Wildman–Crippen MR) is 84.4 cm³/mol. The second-order valence-corrected chi connectivity index (χ2v) is 6.52. The molecule has 110 valence electrons. The Morgan fingerprint density at radius 2 is 2.20 bits per heavy atom. The maximum atomic E-state index is 12.7. The average molecular weight is 294 g/mol. The van der Waals surface area contributed by atoms with Crippen LogP contribution >= 0.6 is 11.8 Å². The second kappa shape index (κ2) is 6.39. The molecule has 2 rings (SSSR count). The van der Waals surface area contributed by atoms with Gasteiger partial charge in [0, 0.05) is 40.9 Å². The Labute approximate surface area is 124 Å². The first-order valence-electron chi connectivity index (χ1n) is 6.99. The number of nitrogens with two attached hydrogens (primary N) is 1. The minimum atomic E-state index is 0.0397. The SMILES string of the molecule is CCOc1cc(N)cc(C(=O)N2CCSC(C)C2C)c1. The van der Waals surface area contributed by atoms with E-state index in [0.717, 1.165) is 12.3 Å². The molecule has 0 bridgehead atoms. The smallest absolute Gasteiger partial charge is 0.254 e. The molecular formula is C15H22N2O2S. The number of rotatable bonds is 3. The van der Waals surface area contributed by atoms with Crippen LogP contribution in [-0.4, -0.2) is 41.0 Å². The molecule has 1 fully saturated rings. The summed E-state index contributed by atoms with van der Waals surface area (Å²) in [5.74, 6) is 1.68. The van der Waals surface area contributed by atoms with Crippen molar-refractivity contribution in [3.63, 3.8) is 0 Å². The van der Waals surface area contributed by atoms with Gasteiger partial charge in [0.1, 0.15) is 5.75 Å². The van der Waals surface area contributed by atoms with Gasteiger partial charge < -0.3 is 15.4 Å². The van der Waals surface area contributed by atoms with Crippen LogP contribution in [0.4, 0.5) is 5.69 Å². The van der Waals surface area contributed by atoms with Crippen molar-refractivity contribution < 1.29 is 9.53 Å². The number of hydrogen-bond donors (Lipinski definition) is 1. The quantitative estimate of drug-likeness (QED) is 0.871. The van der Waals surface area contributed by atoms with Crippen molar-refractivity contribution in [2.45, 2.75) is 32.1 Å². The Hall–Kier alpha value is -1.36. The number of benzene rings is 1. The monoisotopic (exact) mass is 294 g/mol. The molecule has 2 N–H and O–H groups in total. The molecule has 1 saturated heterocycles. The van der Waals surface area contributed by atoms with Gasteiger partial charge in [0.05, 0.1) is 6.61 Å². The lowest BCUT2D eigenvalue weighted by molar-refractivity contribution is 0.0698. The van der Waals surface area contributed by atoms with Gasteiger partial charge in [-0.1, -0.05) is 6.92 Å². The zero-order valence-corrected chi connectivity index (χ0v) is 13.1. The third-order valence-corrected chi connectivity index (χ3v) is 4.97. The lowest BCUT2D eigenvalue weighted by Gasteiger charge is -2.37. The fourth-order valence-electron chi connectivity index (χ4n) is 2.38. The van der Waals surface area contributed by atoms with Crippen LogP contribution in [0.25, 0.3) is 0 Å². The first kappa shape index (κ1) is 15.0. The van der Waals surface area contributed by atoms with Gasteiger partial charge in [0.15, 0.2) is 0 Å². The number of carbonyl (C=O) groups is 1.